The molecule has 0 fully saturated rings. The lowest BCUT2D eigenvalue weighted by Crippen LogP contribution is -2.39. The predicted octanol–water partition coefficient (Wildman–Crippen LogP) is 3.81. The van der Waals surface area contributed by atoms with Gasteiger partial charge in [-0.25, -0.2) is 21.6 Å². The smallest absolute Gasteiger partial charge is 0.404 e. The van der Waals surface area contributed by atoms with Gasteiger partial charge >= 0.3 is 6.09 Å². The normalized spacial score (nSPS) is 12.3. The second-order valence-electron chi connectivity index (χ2n) is 11.7. The number of aromatic nitrogens is 4. The van der Waals surface area contributed by atoms with Crippen molar-refractivity contribution in [3.63, 3.8) is 0 Å². The van der Waals surface area contributed by atoms with Crippen LogP contribution in [0.2, 0.25) is 0 Å². The number of ether oxygens (including phenoxy) is 3. The van der Waals surface area contributed by atoms with Crippen molar-refractivity contribution in [2.24, 2.45) is 0 Å². The molecule has 0 saturated heterocycles. The third-order valence-corrected chi connectivity index (χ3v) is 13.3. The number of rotatable bonds is 17. The highest BCUT2D eigenvalue weighted by Gasteiger charge is 2.40. The minimum absolute atomic E-state index is 0.141. The van der Waals surface area contributed by atoms with Crippen LogP contribution in [-0.2, 0) is 39.5 Å². The maximum atomic E-state index is 15.3. The summed E-state index contributed by atoms with van der Waals surface area (Å²) < 4.78 is 76.4. The van der Waals surface area contributed by atoms with Gasteiger partial charge in [0.25, 0.3) is 0 Å². The highest BCUT2D eigenvalue weighted by molar-refractivity contribution is 14.1. The molecule has 3 N–H and O–H groups in total. The van der Waals surface area contributed by atoms with E-state index in [1.807, 2.05) is 27.9 Å². The maximum Gasteiger partial charge on any atom is 0.404 e. The fourth-order valence-electron chi connectivity index (χ4n) is 5.41. The number of sulfone groups is 1. The number of benzene rings is 4. The first-order valence-electron chi connectivity index (χ1n) is 16.1. The summed E-state index contributed by atoms with van der Waals surface area (Å²) in [6, 6.07) is 23.1. The Hall–Kier alpha value is -4.83. The lowest BCUT2D eigenvalue weighted by Gasteiger charge is -2.26. The summed E-state index contributed by atoms with van der Waals surface area (Å²) in [6.45, 7) is -2.00. The molecule has 4 aromatic carbocycles. The van der Waals surface area contributed by atoms with Gasteiger partial charge in [0.1, 0.15) is 27.4 Å². The number of hydrogen-bond acceptors (Lipinski definition) is 12. The highest BCUT2D eigenvalue weighted by Crippen LogP contribution is 2.39. The van der Waals surface area contributed by atoms with Crippen molar-refractivity contribution in [2.75, 3.05) is 34.5 Å². The fourth-order valence-corrected chi connectivity index (χ4v) is 10.1. The number of nitrogens with one attached hydrogen (secondary N) is 1. The fraction of sp³-hybridized carbons (Fsp3) is 0.257. The van der Waals surface area contributed by atoms with Gasteiger partial charge in [-0.2, -0.15) is 9.10 Å². The molecule has 19 heteroatoms. The zero-order chi connectivity index (χ0) is 39.0. The molecule has 16 nitrogen and oxygen atoms in total. The summed E-state index contributed by atoms with van der Waals surface area (Å²) in [5, 5.41) is 32.4. The predicted molar refractivity (Wildman–Crippen MR) is 205 cm³/mol. The largest absolute Gasteiger partial charge is 0.497 e. The van der Waals surface area contributed by atoms with E-state index in [9.17, 15) is 23.4 Å². The van der Waals surface area contributed by atoms with Crippen LogP contribution in [0, 0.1) is 3.57 Å². The van der Waals surface area contributed by atoms with E-state index in [0.29, 0.717) is 28.4 Å². The topological polar surface area (TPSA) is 212 Å². The molecule has 1 amide bonds. The Labute approximate surface area is 325 Å². The number of hydrogen-bond donors (Lipinski definition) is 3. The Morgan fingerprint density at radius 1 is 0.815 bits per heavy atom. The first kappa shape index (κ1) is 40.4. The summed E-state index contributed by atoms with van der Waals surface area (Å²) in [7, 11) is -5.05. The van der Waals surface area contributed by atoms with Crippen molar-refractivity contribution in [1.29, 1.82) is 0 Å². The van der Waals surface area contributed by atoms with Crippen LogP contribution in [0.25, 0.3) is 11.4 Å². The molecule has 1 atom stereocenters. The van der Waals surface area contributed by atoms with Crippen LogP contribution >= 0.6 is 22.6 Å². The molecule has 5 aromatic rings. The van der Waals surface area contributed by atoms with E-state index in [1.54, 1.807) is 79.9 Å². The van der Waals surface area contributed by atoms with Gasteiger partial charge in [0.05, 0.1) is 44.9 Å². The molecule has 1 unspecified atom stereocenters. The van der Waals surface area contributed by atoms with E-state index in [2.05, 4.69) is 15.4 Å². The van der Waals surface area contributed by atoms with Gasteiger partial charge < -0.3 is 29.7 Å². The van der Waals surface area contributed by atoms with Crippen LogP contribution in [-0.4, -0.2) is 97.4 Å². The SMILES string of the molecule is COc1ccc(CN(Cc2ccc(OC)cc2)S(=O)(=O)c2c(S(=O)(=O)C(CO)CNC(=O)O)ccc(I)c2-c2nnn(Cc3ccc(OC)cc3)n2)cc1. The molecule has 5 rings (SSSR count). The van der Waals surface area contributed by atoms with Crippen LogP contribution in [0.15, 0.2) is 94.7 Å². The van der Waals surface area contributed by atoms with Gasteiger partial charge in [0.2, 0.25) is 15.8 Å². The molecule has 0 radical (unpaired) electrons. The van der Waals surface area contributed by atoms with Crippen molar-refractivity contribution in [3.8, 4) is 28.6 Å². The maximum absolute atomic E-state index is 15.3. The average Bonchev–Trinajstić information content (AvgIpc) is 3.63. The Morgan fingerprint density at radius 2 is 1.31 bits per heavy atom. The number of amides is 1. The zero-order valence-electron chi connectivity index (χ0n) is 29.3. The van der Waals surface area contributed by atoms with Crippen molar-refractivity contribution in [2.45, 2.75) is 34.7 Å². The number of carboxylic acid groups (broad SMARTS) is 1. The number of sulfonamides is 1. The standard InChI is InChI=1S/C35H37IN6O10S2/c1-50-26-10-4-23(5-11-26)19-41(20-24-6-12-27(51-2)13-7-24)54(48,49)33-31(53(46,47)29(22-43)18-37-35(44)45)17-16-30(36)32(33)34-38-40-42(39-34)21-25-8-14-28(52-3)15-9-25/h4-17,29,37,43H,18-22H2,1-3H3,(H,44,45). The summed E-state index contributed by atoms with van der Waals surface area (Å²) in [5.41, 5.74) is 1.76. The van der Waals surface area contributed by atoms with Gasteiger partial charge in [-0.3, -0.25) is 0 Å². The molecule has 0 aliphatic rings. The van der Waals surface area contributed by atoms with Crippen LogP contribution in [0.4, 0.5) is 4.79 Å². The molecule has 0 aliphatic heterocycles. The number of nitrogens with zero attached hydrogens (tertiary/aromatic N) is 5. The monoisotopic (exact) mass is 892 g/mol. The van der Waals surface area contributed by atoms with E-state index >= 15 is 8.42 Å². The van der Waals surface area contributed by atoms with Gasteiger partial charge in [-0.1, -0.05) is 36.4 Å². The third kappa shape index (κ3) is 9.27. The first-order valence-corrected chi connectivity index (χ1v) is 20.2. The van der Waals surface area contributed by atoms with E-state index in [1.165, 1.54) is 25.1 Å². The van der Waals surface area contributed by atoms with Crippen LogP contribution < -0.4 is 19.5 Å². The Bertz CT molecular complexity index is 2240. The summed E-state index contributed by atoms with van der Waals surface area (Å²) in [5.74, 6) is 1.55. The van der Waals surface area contributed by atoms with E-state index in [4.69, 9.17) is 14.2 Å². The van der Waals surface area contributed by atoms with Gasteiger partial charge in [0.15, 0.2) is 9.84 Å². The van der Waals surface area contributed by atoms with Gasteiger partial charge in [-0.15, -0.1) is 10.2 Å². The molecule has 286 valence electrons. The Kier molecular flexibility index (Phi) is 13.1. The molecular formula is C35H37IN6O10S2. The molecular weight excluding hydrogens is 855 g/mol. The number of methoxy groups -OCH3 is 3. The second kappa shape index (κ2) is 17.5. The highest BCUT2D eigenvalue weighted by atomic mass is 127. The number of aliphatic hydroxyl groups is 1. The summed E-state index contributed by atoms with van der Waals surface area (Å²) in [6.07, 6.45) is -1.53. The Morgan fingerprint density at radius 3 is 1.78 bits per heavy atom. The molecule has 0 bridgehead atoms. The van der Waals surface area contributed by atoms with Crippen LogP contribution in [0.3, 0.4) is 0 Å². The van der Waals surface area contributed by atoms with Crippen molar-refractivity contribution in [3.05, 3.63) is 105 Å². The van der Waals surface area contributed by atoms with Crippen molar-refractivity contribution < 1.29 is 46.1 Å². The van der Waals surface area contributed by atoms with Crippen molar-refractivity contribution >= 4 is 48.5 Å². The molecule has 1 aromatic heterocycles. The third-order valence-electron chi connectivity index (χ3n) is 8.29. The van der Waals surface area contributed by atoms with Crippen LogP contribution in [0.5, 0.6) is 17.2 Å². The number of halogens is 1. The number of tetrazole rings is 1. The number of carbonyl (C=O) groups is 1. The number of aliphatic hydroxyl groups excluding tert-OH is 1. The summed E-state index contributed by atoms with van der Waals surface area (Å²) >= 11 is 1.88. The minimum Gasteiger partial charge on any atom is -0.497 e. The van der Waals surface area contributed by atoms with E-state index in [-0.39, 0.29) is 34.6 Å². The van der Waals surface area contributed by atoms with E-state index < -0.39 is 54.1 Å². The van der Waals surface area contributed by atoms with Crippen molar-refractivity contribution in [1.82, 2.24) is 29.8 Å². The van der Waals surface area contributed by atoms with Gasteiger partial charge in [0, 0.05) is 23.2 Å². The minimum atomic E-state index is -4.84. The lowest BCUT2D eigenvalue weighted by molar-refractivity contribution is 0.193. The summed E-state index contributed by atoms with van der Waals surface area (Å²) in [4.78, 5) is 11.2. The average molecular weight is 893 g/mol. The first-order chi connectivity index (χ1) is 25.8. The molecule has 0 aliphatic carbocycles. The molecule has 54 heavy (non-hydrogen) atoms. The zero-order valence-corrected chi connectivity index (χ0v) is 33.1. The van der Waals surface area contributed by atoms with E-state index in [0.717, 1.165) is 15.9 Å². The lowest BCUT2D eigenvalue weighted by atomic mass is 10.2. The Balaban J connectivity index is 1.71. The molecule has 0 spiro atoms. The quantitative estimate of drug-likeness (QED) is 0.114. The van der Waals surface area contributed by atoms with Crippen LogP contribution in [0.1, 0.15) is 16.7 Å². The second-order valence-corrected chi connectivity index (χ2v) is 17.0. The van der Waals surface area contributed by atoms with Gasteiger partial charge in [-0.05, 0) is 93.0 Å². The molecule has 1 heterocycles. The molecule has 0 saturated carbocycles.